The quantitative estimate of drug-likeness (QED) is 0.732. The SMILES string of the molecule is Cc1ccc(OCCCCC(C)(O)CN)cc1C. The van der Waals surface area contributed by atoms with Gasteiger partial charge in [0, 0.05) is 6.54 Å². The van der Waals surface area contributed by atoms with Crippen LogP contribution in [0.15, 0.2) is 18.2 Å². The van der Waals surface area contributed by atoms with E-state index in [1.165, 1.54) is 11.1 Å². The van der Waals surface area contributed by atoms with Gasteiger partial charge in [-0.2, -0.15) is 0 Å². The third-order valence-corrected chi connectivity index (χ3v) is 3.30. The maximum atomic E-state index is 9.74. The molecule has 0 amide bonds. The maximum absolute atomic E-state index is 9.74. The smallest absolute Gasteiger partial charge is 0.119 e. The van der Waals surface area contributed by atoms with Crippen LogP contribution in [-0.2, 0) is 0 Å². The molecule has 0 aromatic heterocycles. The van der Waals surface area contributed by atoms with Crippen molar-refractivity contribution >= 4 is 0 Å². The first-order valence-electron chi connectivity index (χ1n) is 6.57. The summed E-state index contributed by atoms with van der Waals surface area (Å²) >= 11 is 0. The van der Waals surface area contributed by atoms with Gasteiger partial charge >= 0.3 is 0 Å². The Morgan fingerprint density at radius 3 is 2.56 bits per heavy atom. The van der Waals surface area contributed by atoms with Crippen molar-refractivity contribution in [2.24, 2.45) is 5.73 Å². The molecule has 3 nitrogen and oxygen atoms in total. The molecule has 0 bridgehead atoms. The molecule has 3 heteroatoms. The van der Waals surface area contributed by atoms with Crippen LogP contribution < -0.4 is 10.5 Å². The van der Waals surface area contributed by atoms with Crippen LogP contribution in [0, 0.1) is 13.8 Å². The number of aliphatic hydroxyl groups is 1. The third-order valence-electron chi connectivity index (χ3n) is 3.30. The van der Waals surface area contributed by atoms with Gasteiger partial charge in [0.15, 0.2) is 0 Å². The van der Waals surface area contributed by atoms with E-state index in [4.69, 9.17) is 10.5 Å². The summed E-state index contributed by atoms with van der Waals surface area (Å²) in [5, 5.41) is 9.74. The number of rotatable bonds is 7. The predicted octanol–water partition coefficient (Wildman–Crippen LogP) is 2.56. The molecule has 102 valence electrons. The van der Waals surface area contributed by atoms with Crippen molar-refractivity contribution in [3.05, 3.63) is 29.3 Å². The van der Waals surface area contributed by atoms with Gasteiger partial charge in [-0.1, -0.05) is 6.07 Å². The van der Waals surface area contributed by atoms with E-state index in [0.717, 1.165) is 25.0 Å². The van der Waals surface area contributed by atoms with E-state index < -0.39 is 5.60 Å². The minimum absolute atomic E-state index is 0.311. The summed E-state index contributed by atoms with van der Waals surface area (Å²) in [6, 6.07) is 6.13. The molecule has 0 radical (unpaired) electrons. The molecule has 0 aliphatic carbocycles. The van der Waals surface area contributed by atoms with Gasteiger partial charge in [0.05, 0.1) is 12.2 Å². The third kappa shape index (κ3) is 5.07. The Kier molecular flexibility index (Phi) is 5.63. The number of ether oxygens (including phenoxy) is 1. The van der Waals surface area contributed by atoms with E-state index in [-0.39, 0.29) is 0 Å². The molecule has 1 atom stereocenters. The van der Waals surface area contributed by atoms with E-state index in [0.29, 0.717) is 13.2 Å². The highest BCUT2D eigenvalue weighted by Gasteiger charge is 2.16. The number of nitrogens with two attached hydrogens (primary N) is 1. The Morgan fingerprint density at radius 2 is 1.94 bits per heavy atom. The lowest BCUT2D eigenvalue weighted by Crippen LogP contribution is -2.33. The molecule has 3 N–H and O–H groups in total. The van der Waals surface area contributed by atoms with Crippen molar-refractivity contribution in [2.75, 3.05) is 13.2 Å². The van der Waals surface area contributed by atoms with Gasteiger partial charge in [-0.15, -0.1) is 0 Å². The lowest BCUT2D eigenvalue weighted by Gasteiger charge is -2.20. The molecule has 1 unspecified atom stereocenters. The summed E-state index contributed by atoms with van der Waals surface area (Å²) in [5.74, 6) is 0.920. The molecule has 0 spiro atoms. The van der Waals surface area contributed by atoms with Crippen molar-refractivity contribution in [2.45, 2.75) is 45.6 Å². The van der Waals surface area contributed by atoms with Crippen molar-refractivity contribution in [3.8, 4) is 5.75 Å². The van der Waals surface area contributed by atoms with Gasteiger partial charge in [0.25, 0.3) is 0 Å². The van der Waals surface area contributed by atoms with Crippen molar-refractivity contribution in [3.63, 3.8) is 0 Å². The Bertz CT molecular complexity index is 375. The zero-order valence-electron chi connectivity index (χ0n) is 11.7. The van der Waals surface area contributed by atoms with Crippen LogP contribution in [0.4, 0.5) is 0 Å². The van der Waals surface area contributed by atoms with Gasteiger partial charge in [0.1, 0.15) is 5.75 Å². The standard InChI is InChI=1S/C15H25NO2/c1-12-6-7-14(10-13(12)2)18-9-5-4-8-15(3,17)11-16/h6-7,10,17H,4-5,8-9,11,16H2,1-3H3. The lowest BCUT2D eigenvalue weighted by atomic mass is 10.00. The summed E-state index contributed by atoms with van der Waals surface area (Å²) in [5.41, 5.74) is 7.25. The zero-order valence-corrected chi connectivity index (χ0v) is 11.7. The van der Waals surface area contributed by atoms with Crippen molar-refractivity contribution in [1.82, 2.24) is 0 Å². The van der Waals surface area contributed by atoms with E-state index in [1.807, 2.05) is 6.07 Å². The number of hydrogen-bond acceptors (Lipinski definition) is 3. The molecule has 0 heterocycles. The summed E-state index contributed by atoms with van der Waals surface area (Å²) < 4.78 is 5.68. The van der Waals surface area contributed by atoms with Gasteiger partial charge in [0.2, 0.25) is 0 Å². The largest absolute Gasteiger partial charge is 0.494 e. The first-order chi connectivity index (χ1) is 8.44. The Morgan fingerprint density at radius 1 is 1.22 bits per heavy atom. The van der Waals surface area contributed by atoms with Gasteiger partial charge in [-0.3, -0.25) is 0 Å². The number of unbranched alkanes of at least 4 members (excludes halogenated alkanes) is 1. The zero-order chi connectivity index (χ0) is 13.6. The van der Waals surface area contributed by atoms with Gasteiger partial charge < -0.3 is 15.6 Å². The van der Waals surface area contributed by atoms with Crippen LogP contribution >= 0.6 is 0 Å². The van der Waals surface area contributed by atoms with Crippen LogP contribution in [0.25, 0.3) is 0 Å². The Labute approximate surface area is 110 Å². The van der Waals surface area contributed by atoms with Crippen LogP contribution in [0.5, 0.6) is 5.75 Å². The summed E-state index contributed by atoms with van der Waals surface area (Å²) in [4.78, 5) is 0. The molecule has 18 heavy (non-hydrogen) atoms. The van der Waals surface area contributed by atoms with Crippen LogP contribution in [-0.4, -0.2) is 23.9 Å². The molecule has 1 rings (SSSR count). The first kappa shape index (κ1) is 15.0. The second kappa shape index (κ2) is 6.76. The number of benzene rings is 1. The highest BCUT2D eigenvalue weighted by Crippen LogP contribution is 2.17. The average Bonchev–Trinajstić information content (AvgIpc) is 2.33. The molecular formula is C15H25NO2. The number of hydrogen-bond donors (Lipinski definition) is 2. The highest BCUT2D eigenvalue weighted by molar-refractivity contribution is 5.33. The fourth-order valence-electron chi connectivity index (χ4n) is 1.70. The molecular weight excluding hydrogens is 226 g/mol. The van der Waals surface area contributed by atoms with Crippen molar-refractivity contribution < 1.29 is 9.84 Å². The molecule has 0 aliphatic rings. The first-order valence-corrected chi connectivity index (χ1v) is 6.57. The highest BCUT2D eigenvalue weighted by atomic mass is 16.5. The normalized spacial score (nSPS) is 14.3. The van der Waals surface area contributed by atoms with E-state index >= 15 is 0 Å². The van der Waals surface area contributed by atoms with E-state index in [9.17, 15) is 5.11 Å². The summed E-state index contributed by atoms with van der Waals surface area (Å²) in [6.45, 7) is 6.94. The molecule has 0 fully saturated rings. The predicted molar refractivity (Wildman–Crippen MR) is 74.9 cm³/mol. The fraction of sp³-hybridized carbons (Fsp3) is 0.600. The molecule has 0 saturated carbocycles. The van der Waals surface area contributed by atoms with Gasteiger partial charge in [-0.25, -0.2) is 0 Å². The Balaban J connectivity index is 2.24. The Hall–Kier alpha value is -1.06. The average molecular weight is 251 g/mol. The molecule has 1 aromatic rings. The fourth-order valence-corrected chi connectivity index (χ4v) is 1.70. The van der Waals surface area contributed by atoms with E-state index in [2.05, 4.69) is 26.0 Å². The monoisotopic (exact) mass is 251 g/mol. The second-order valence-electron chi connectivity index (χ2n) is 5.25. The summed E-state index contributed by atoms with van der Waals surface area (Å²) in [7, 11) is 0. The topological polar surface area (TPSA) is 55.5 Å². The number of aryl methyl sites for hydroxylation is 2. The van der Waals surface area contributed by atoms with Crippen LogP contribution in [0.2, 0.25) is 0 Å². The van der Waals surface area contributed by atoms with Crippen LogP contribution in [0.3, 0.4) is 0 Å². The summed E-state index contributed by atoms with van der Waals surface area (Å²) in [6.07, 6.45) is 2.58. The molecule has 0 aliphatic heterocycles. The minimum Gasteiger partial charge on any atom is -0.494 e. The van der Waals surface area contributed by atoms with Crippen LogP contribution in [0.1, 0.15) is 37.3 Å². The van der Waals surface area contributed by atoms with E-state index in [1.54, 1.807) is 6.92 Å². The van der Waals surface area contributed by atoms with Gasteiger partial charge in [-0.05, 0) is 63.3 Å². The molecule has 1 aromatic carbocycles. The lowest BCUT2D eigenvalue weighted by molar-refractivity contribution is 0.0562. The minimum atomic E-state index is -0.736. The molecule has 0 saturated heterocycles. The van der Waals surface area contributed by atoms with Crippen molar-refractivity contribution in [1.29, 1.82) is 0 Å². The second-order valence-corrected chi connectivity index (χ2v) is 5.25. The maximum Gasteiger partial charge on any atom is 0.119 e.